The van der Waals surface area contributed by atoms with Gasteiger partial charge in [-0.2, -0.15) is 0 Å². The topological polar surface area (TPSA) is 71.6 Å². The van der Waals surface area contributed by atoms with E-state index in [1.165, 1.54) is 6.42 Å². The molecule has 132 valence electrons. The Kier molecular flexibility index (Phi) is 4.13. The van der Waals surface area contributed by atoms with E-state index in [1.54, 1.807) is 13.3 Å². The molecule has 1 aromatic carbocycles. The number of benzene rings is 1. The second-order valence-corrected chi connectivity index (χ2v) is 7.17. The van der Waals surface area contributed by atoms with Crippen molar-refractivity contribution in [1.29, 1.82) is 0 Å². The quantitative estimate of drug-likeness (QED) is 0.662. The van der Waals surface area contributed by atoms with E-state index in [0.29, 0.717) is 23.3 Å². The Bertz CT molecular complexity index is 807. The van der Waals surface area contributed by atoms with Crippen LogP contribution in [0.25, 0.3) is 10.9 Å². The largest absolute Gasteiger partial charge is 0.495 e. The third-order valence-electron chi connectivity index (χ3n) is 6.00. The number of aliphatic hydroxyl groups excluding tert-OH is 1. The van der Waals surface area contributed by atoms with E-state index in [2.05, 4.69) is 22.5 Å². The molecule has 4 heterocycles. The van der Waals surface area contributed by atoms with Crippen molar-refractivity contribution in [3.8, 4) is 5.75 Å². The number of aliphatic hydroxyl groups is 1. The van der Waals surface area contributed by atoms with Crippen LogP contribution in [0.3, 0.4) is 0 Å². The number of anilines is 1. The molecule has 3 aliphatic heterocycles. The van der Waals surface area contributed by atoms with Crippen LogP contribution in [0, 0.1) is 11.8 Å². The van der Waals surface area contributed by atoms with Crippen molar-refractivity contribution in [1.82, 2.24) is 9.88 Å². The molecule has 1 aromatic heterocycles. The summed E-state index contributed by atoms with van der Waals surface area (Å²) >= 11 is 0. The Morgan fingerprint density at radius 1 is 1.44 bits per heavy atom. The zero-order valence-electron chi connectivity index (χ0n) is 14.6. The SMILES string of the molecule is C=C[C@H]1CN2CC[C@H]1C[C@H]2[C@H](O)c1ccnc2ccc(OC)c(N)c12. The van der Waals surface area contributed by atoms with Gasteiger partial charge in [0.05, 0.1) is 24.4 Å². The number of nitrogens with zero attached hydrogens (tertiary/aromatic N) is 2. The Morgan fingerprint density at radius 3 is 2.96 bits per heavy atom. The van der Waals surface area contributed by atoms with Crippen molar-refractivity contribution in [3.63, 3.8) is 0 Å². The fourth-order valence-electron chi connectivity index (χ4n) is 4.62. The summed E-state index contributed by atoms with van der Waals surface area (Å²) in [5, 5.41) is 12.0. The maximum atomic E-state index is 11.2. The van der Waals surface area contributed by atoms with Gasteiger partial charge in [-0.05, 0) is 55.0 Å². The van der Waals surface area contributed by atoms with Gasteiger partial charge < -0.3 is 15.6 Å². The molecule has 25 heavy (non-hydrogen) atoms. The minimum atomic E-state index is -0.589. The summed E-state index contributed by atoms with van der Waals surface area (Å²) in [6.45, 7) is 6.00. The second kappa shape index (κ2) is 6.32. The molecular weight excluding hydrogens is 314 g/mol. The van der Waals surface area contributed by atoms with Gasteiger partial charge in [-0.1, -0.05) is 6.08 Å². The highest BCUT2D eigenvalue weighted by molar-refractivity contribution is 5.96. The number of nitrogen functional groups attached to an aromatic ring is 1. The molecule has 5 nitrogen and oxygen atoms in total. The van der Waals surface area contributed by atoms with Crippen molar-refractivity contribution in [3.05, 3.63) is 42.6 Å². The molecule has 0 radical (unpaired) electrons. The lowest BCUT2D eigenvalue weighted by molar-refractivity contribution is -0.0444. The van der Waals surface area contributed by atoms with Gasteiger partial charge in [0.25, 0.3) is 0 Å². The fraction of sp³-hybridized carbons (Fsp3) is 0.450. The fourth-order valence-corrected chi connectivity index (χ4v) is 4.62. The van der Waals surface area contributed by atoms with Crippen molar-refractivity contribution in [2.75, 3.05) is 25.9 Å². The summed E-state index contributed by atoms with van der Waals surface area (Å²) in [6.07, 6.45) is 5.41. The molecule has 5 rings (SSSR count). The standard InChI is InChI=1S/C20H25N3O2/c1-3-12-11-23-9-7-13(12)10-16(23)20(24)14-6-8-22-15-4-5-17(25-2)19(21)18(14)15/h3-6,8,12-13,16,20,24H,1,7,9-11,21H2,2H3/t12-,13-,16-,20+/m0/s1. The number of methoxy groups -OCH3 is 1. The lowest BCUT2D eigenvalue weighted by Gasteiger charge is -2.50. The first kappa shape index (κ1) is 16.4. The molecular formula is C20H25N3O2. The van der Waals surface area contributed by atoms with E-state index >= 15 is 0 Å². The van der Waals surface area contributed by atoms with Gasteiger partial charge in [-0.3, -0.25) is 9.88 Å². The van der Waals surface area contributed by atoms with Crippen LogP contribution >= 0.6 is 0 Å². The molecule has 0 aliphatic carbocycles. The summed E-state index contributed by atoms with van der Waals surface area (Å²) in [5.74, 6) is 1.77. The van der Waals surface area contributed by atoms with Crippen LogP contribution in [-0.4, -0.2) is 41.2 Å². The van der Waals surface area contributed by atoms with Crippen LogP contribution < -0.4 is 10.5 Å². The lowest BCUT2D eigenvalue weighted by Crippen LogP contribution is -2.54. The van der Waals surface area contributed by atoms with Gasteiger partial charge in [0, 0.05) is 24.2 Å². The van der Waals surface area contributed by atoms with E-state index < -0.39 is 6.10 Å². The van der Waals surface area contributed by atoms with E-state index in [0.717, 1.165) is 36.0 Å². The molecule has 3 saturated heterocycles. The number of pyridine rings is 1. The molecule has 3 fully saturated rings. The van der Waals surface area contributed by atoms with Crippen LogP contribution in [-0.2, 0) is 0 Å². The van der Waals surface area contributed by atoms with Crippen LogP contribution in [0.4, 0.5) is 5.69 Å². The predicted molar refractivity (Wildman–Crippen MR) is 99.4 cm³/mol. The minimum Gasteiger partial charge on any atom is -0.495 e. The number of ether oxygens (including phenoxy) is 1. The van der Waals surface area contributed by atoms with Crippen molar-refractivity contribution >= 4 is 16.6 Å². The first-order chi connectivity index (χ1) is 12.1. The van der Waals surface area contributed by atoms with Crippen molar-refractivity contribution < 1.29 is 9.84 Å². The molecule has 0 spiro atoms. The second-order valence-electron chi connectivity index (χ2n) is 7.17. The van der Waals surface area contributed by atoms with Gasteiger partial charge in [0.1, 0.15) is 5.75 Å². The minimum absolute atomic E-state index is 0.117. The summed E-state index contributed by atoms with van der Waals surface area (Å²) < 4.78 is 5.36. The molecule has 3 aliphatic rings. The average Bonchev–Trinajstić information content (AvgIpc) is 2.67. The third-order valence-corrected chi connectivity index (χ3v) is 6.00. The first-order valence-corrected chi connectivity index (χ1v) is 8.89. The van der Waals surface area contributed by atoms with Gasteiger partial charge in [0.15, 0.2) is 0 Å². The summed E-state index contributed by atoms with van der Waals surface area (Å²) in [4.78, 5) is 6.81. The molecule has 2 aromatic rings. The summed E-state index contributed by atoms with van der Waals surface area (Å²) in [5.41, 5.74) is 8.49. The number of aromatic nitrogens is 1. The van der Waals surface area contributed by atoms with Gasteiger partial charge in [-0.25, -0.2) is 0 Å². The Morgan fingerprint density at radius 2 is 2.28 bits per heavy atom. The highest BCUT2D eigenvalue weighted by atomic mass is 16.5. The third kappa shape index (κ3) is 2.58. The van der Waals surface area contributed by atoms with E-state index in [-0.39, 0.29) is 6.04 Å². The zero-order chi connectivity index (χ0) is 17.6. The number of piperidine rings is 3. The van der Waals surface area contributed by atoms with Crippen molar-refractivity contribution in [2.24, 2.45) is 11.8 Å². The van der Waals surface area contributed by atoms with Gasteiger partial charge >= 0.3 is 0 Å². The normalized spacial score (nSPS) is 29.5. The number of nitrogens with two attached hydrogens (primary N) is 1. The monoisotopic (exact) mass is 339 g/mol. The highest BCUT2D eigenvalue weighted by Gasteiger charge is 2.42. The lowest BCUT2D eigenvalue weighted by atomic mass is 9.73. The Hall–Kier alpha value is -2.11. The van der Waals surface area contributed by atoms with E-state index in [1.807, 2.05) is 18.2 Å². The Balaban J connectivity index is 1.74. The number of rotatable bonds is 4. The van der Waals surface area contributed by atoms with Crippen LogP contribution in [0.15, 0.2) is 37.1 Å². The number of hydrogen-bond donors (Lipinski definition) is 2. The van der Waals surface area contributed by atoms with E-state index in [4.69, 9.17) is 10.5 Å². The molecule has 3 N–H and O–H groups in total. The Labute approximate surface area is 148 Å². The first-order valence-electron chi connectivity index (χ1n) is 8.89. The number of hydrogen-bond acceptors (Lipinski definition) is 5. The smallest absolute Gasteiger partial charge is 0.142 e. The maximum Gasteiger partial charge on any atom is 0.142 e. The molecule has 5 heteroatoms. The van der Waals surface area contributed by atoms with Crippen LogP contribution in [0.1, 0.15) is 24.5 Å². The zero-order valence-corrected chi connectivity index (χ0v) is 14.6. The molecule has 5 atom stereocenters. The average molecular weight is 339 g/mol. The van der Waals surface area contributed by atoms with Crippen LogP contribution in [0.5, 0.6) is 5.75 Å². The highest BCUT2D eigenvalue weighted by Crippen LogP contribution is 2.43. The summed E-state index contributed by atoms with van der Waals surface area (Å²) in [7, 11) is 1.60. The number of fused-ring (bicyclic) bond motifs is 4. The molecule has 0 amide bonds. The maximum absolute atomic E-state index is 11.2. The molecule has 2 bridgehead atoms. The van der Waals surface area contributed by atoms with Crippen molar-refractivity contribution in [2.45, 2.75) is 25.0 Å². The summed E-state index contributed by atoms with van der Waals surface area (Å²) in [6, 6.07) is 5.71. The van der Waals surface area contributed by atoms with E-state index in [9.17, 15) is 5.11 Å². The van der Waals surface area contributed by atoms with Gasteiger partial charge in [-0.15, -0.1) is 6.58 Å². The van der Waals surface area contributed by atoms with Gasteiger partial charge in [0.2, 0.25) is 0 Å². The van der Waals surface area contributed by atoms with Crippen LogP contribution in [0.2, 0.25) is 0 Å². The molecule has 0 saturated carbocycles. The predicted octanol–water partition coefficient (Wildman–Crippen LogP) is 2.76. The molecule has 1 unspecified atom stereocenters.